The molecule has 1 unspecified atom stereocenters. The van der Waals surface area contributed by atoms with Gasteiger partial charge in [0.1, 0.15) is 0 Å². The van der Waals surface area contributed by atoms with Crippen LogP contribution in [0, 0.1) is 0 Å². The second-order valence-electron chi connectivity index (χ2n) is 5.24. The quantitative estimate of drug-likeness (QED) is 0.916. The van der Waals surface area contributed by atoms with Crippen LogP contribution in [0.5, 0.6) is 0 Å². The maximum Gasteiger partial charge on any atom is 0.0761 e. The molecule has 1 aromatic carbocycles. The minimum atomic E-state index is 0.306. The molecule has 1 aromatic heterocycles. The minimum absolute atomic E-state index is 0.306. The van der Waals surface area contributed by atoms with Crippen molar-refractivity contribution < 1.29 is 0 Å². The summed E-state index contributed by atoms with van der Waals surface area (Å²) in [5, 5.41) is 1.80. The lowest BCUT2D eigenvalue weighted by atomic mass is 10.0. The van der Waals surface area contributed by atoms with E-state index in [1.54, 1.807) is 0 Å². The second-order valence-corrected chi connectivity index (χ2v) is 5.65. The van der Waals surface area contributed by atoms with E-state index < -0.39 is 0 Å². The summed E-state index contributed by atoms with van der Waals surface area (Å²) in [5.41, 5.74) is 8.28. The first-order valence-corrected chi connectivity index (χ1v) is 7.12. The Morgan fingerprint density at radius 3 is 3.11 bits per heavy atom. The van der Waals surface area contributed by atoms with Crippen LogP contribution in [0.2, 0.25) is 5.02 Å². The number of benzene rings is 1. The third-order valence-electron chi connectivity index (χ3n) is 3.74. The molecule has 2 N–H and O–H groups in total. The summed E-state index contributed by atoms with van der Waals surface area (Å²) in [6.45, 7) is 2.99. The van der Waals surface area contributed by atoms with Gasteiger partial charge in [-0.2, -0.15) is 0 Å². The molecule has 1 aliphatic heterocycles. The van der Waals surface area contributed by atoms with Crippen LogP contribution in [0.3, 0.4) is 0 Å². The van der Waals surface area contributed by atoms with Gasteiger partial charge in [-0.15, -0.1) is 0 Å². The number of hydrogen-bond acceptors (Lipinski definition) is 3. The molecule has 0 amide bonds. The lowest BCUT2D eigenvalue weighted by molar-refractivity contribution is 0.202. The van der Waals surface area contributed by atoms with Gasteiger partial charge >= 0.3 is 0 Å². The van der Waals surface area contributed by atoms with Crippen molar-refractivity contribution in [2.75, 3.05) is 13.1 Å². The van der Waals surface area contributed by atoms with Crippen LogP contribution >= 0.6 is 11.6 Å². The van der Waals surface area contributed by atoms with E-state index in [9.17, 15) is 0 Å². The van der Waals surface area contributed by atoms with Gasteiger partial charge in [-0.3, -0.25) is 9.88 Å². The van der Waals surface area contributed by atoms with Gasteiger partial charge < -0.3 is 5.73 Å². The van der Waals surface area contributed by atoms with Crippen LogP contribution in [-0.4, -0.2) is 29.0 Å². The fourth-order valence-corrected chi connectivity index (χ4v) is 3.02. The number of rotatable bonds is 2. The summed E-state index contributed by atoms with van der Waals surface area (Å²) < 4.78 is 0. The van der Waals surface area contributed by atoms with E-state index in [1.165, 1.54) is 12.0 Å². The molecule has 2 heterocycles. The number of pyridine rings is 1. The Balaban J connectivity index is 1.90. The van der Waals surface area contributed by atoms with Crippen molar-refractivity contribution in [1.82, 2.24) is 9.88 Å². The van der Waals surface area contributed by atoms with Gasteiger partial charge in [-0.25, -0.2) is 0 Å². The van der Waals surface area contributed by atoms with Gasteiger partial charge in [0.25, 0.3) is 0 Å². The summed E-state index contributed by atoms with van der Waals surface area (Å²) in [7, 11) is 0. The molecule has 0 spiro atoms. The van der Waals surface area contributed by atoms with Crippen molar-refractivity contribution in [1.29, 1.82) is 0 Å². The number of aromatic nitrogens is 1. The number of nitrogens with zero attached hydrogens (tertiary/aromatic N) is 2. The highest BCUT2D eigenvalue weighted by Crippen LogP contribution is 2.26. The van der Waals surface area contributed by atoms with Crippen LogP contribution in [0.4, 0.5) is 0 Å². The third kappa shape index (κ3) is 2.73. The smallest absolute Gasteiger partial charge is 0.0761 e. The van der Waals surface area contributed by atoms with E-state index in [1.807, 2.05) is 24.4 Å². The summed E-state index contributed by atoms with van der Waals surface area (Å²) in [5.74, 6) is 0. The number of piperidine rings is 1. The molecule has 2 aromatic rings. The van der Waals surface area contributed by atoms with E-state index in [4.69, 9.17) is 17.3 Å². The number of hydrogen-bond donors (Lipinski definition) is 1. The zero-order chi connectivity index (χ0) is 13.2. The highest BCUT2D eigenvalue weighted by molar-refractivity contribution is 6.35. The fraction of sp³-hybridized carbons (Fsp3) is 0.400. The van der Waals surface area contributed by atoms with Gasteiger partial charge in [-0.05, 0) is 43.1 Å². The minimum Gasteiger partial charge on any atom is -0.327 e. The Kier molecular flexibility index (Phi) is 3.69. The van der Waals surface area contributed by atoms with E-state index in [0.29, 0.717) is 6.04 Å². The molecule has 1 atom stereocenters. The number of fused-ring (bicyclic) bond motifs is 1. The molecule has 19 heavy (non-hydrogen) atoms. The first kappa shape index (κ1) is 12.9. The van der Waals surface area contributed by atoms with Crippen molar-refractivity contribution in [3.8, 4) is 0 Å². The fourth-order valence-electron chi connectivity index (χ4n) is 2.80. The van der Waals surface area contributed by atoms with Crippen LogP contribution in [-0.2, 0) is 6.54 Å². The standard InChI is InChI=1S/C15H18ClN3/c16-14-6-5-11(15-13(14)4-1-7-18-15)9-19-8-2-3-12(17)10-19/h1,4-7,12H,2-3,8-10,17H2. The molecule has 4 heteroatoms. The topological polar surface area (TPSA) is 42.1 Å². The molecule has 1 fully saturated rings. The highest BCUT2D eigenvalue weighted by Gasteiger charge is 2.17. The van der Waals surface area contributed by atoms with Crippen molar-refractivity contribution in [2.24, 2.45) is 5.73 Å². The molecule has 0 radical (unpaired) electrons. The first-order chi connectivity index (χ1) is 9.24. The lowest BCUT2D eigenvalue weighted by Gasteiger charge is -2.30. The lowest BCUT2D eigenvalue weighted by Crippen LogP contribution is -2.42. The van der Waals surface area contributed by atoms with Crippen LogP contribution in [0.15, 0.2) is 30.5 Å². The van der Waals surface area contributed by atoms with Crippen LogP contribution < -0.4 is 5.73 Å². The molecule has 1 saturated heterocycles. The van der Waals surface area contributed by atoms with Crippen molar-refractivity contribution in [2.45, 2.75) is 25.4 Å². The van der Waals surface area contributed by atoms with Crippen molar-refractivity contribution in [3.63, 3.8) is 0 Å². The van der Waals surface area contributed by atoms with Gasteiger partial charge in [0, 0.05) is 35.7 Å². The molecular weight excluding hydrogens is 258 g/mol. The average Bonchev–Trinajstić information content (AvgIpc) is 2.42. The molecule has 0 aliphatic carbocycles. The summed E-state index contributed by atoms with van der Waals surface area (Å²) in [6.07, 6.45) is 4.14. The molecule has 0 saturated carbocycles. The molecule has 3 rings (SSSR count). The average molecular weight is 276 g/mol. The Morgan fingerprint density at radius 2 is 2.26 bits per heavy atom. The molecular formula is C15H18ClN3. The van der Waals surface area contributed by atoms with Crippen molar-refractivity contribution in [3.05, 3.63) is 41.0 Å². The number of likely N-dealkylation sites (tertiary alicyclic amines) is 1. The maximum absolute atomic E-state index is 6.22. The zero-order valence-electron chi connectivity index (χ0n) is 10.8. The monoisotopic (exact) mass is 275 g/mol. The Labute approximate surface area is 118 Å². The number of nitrogens with two attached hydrogens (primary N) is 1. The maximum atomic E-state index is 6.22. The molecule has 3 nitrogen and oxygen atoms in total. The third-order valence-corrected chi connectivity index (χ3v) is 4.07. The summed E-state index contributed by atoms with van der Waals surface area (Å²) >= 11 is 6.22. The van der Waals surface area contributed by atoms with Gasteiger partial charge in [-0.1, -0.05) is 17.7 Å². The predicted octanol–water partition coefficient (Wildman–Crippen LogP) is 2.81. The largest absolute Gasteiger partial charge is 0.327 e. The predicted molar refractivity (Wildman–Crippen MR) is 79.2 cm³/mol. The van der Waals surface area contributed by atoms with Crippen LogP contribution in [0.1, 0.15) is 18.4 Å². The zero-order valence-corrected chi connectivity index (χ0v) is 11.6. The normalized spacial score (nSPS) is 20.8. The van der Waals surface area contributed by atoms with E-state index in [2.05, 4.69) is 16.0 Å². The van der Waals surface area contributed by atoms with E-state index in [-0.39, 0.29) is 0 Å². The van der Waals surface area contributed by atoms with Gasteiger partial charge in [0.05, 0.1) is 5.52 Å². The number of halogens is 1. The van der Waals surface area contributed by atoms with Crippen LogP contribution in [0.25, 0.3) is 10.9 Å². The van der Waals surface area contributed by atoms with Gasteiger partial charge in [0.15, 0.2) is 0 Å². The second kappa shape index (κ2) is 5.45. The Hall–Kier alpha value is -1.16. The molecule has 1 aliphatic rings. The molecule has 100 valence electrons. The summed E-state index contributed by atoms with van der Waals surface area (Å²) in [4.78, 5) is 6.89. The van der Waals surface area contributed by atoms with E-state index >= 15 is 0 Å². The van der Waals surface area contributed by atoms with E-state index in [0.717, 1.165) is 42.0 Å². The Morgan fingerprint density at radius 1 is 1.37 bits per heavy atom. The Bertz CT molecular complexity index is 585. The SMILES string of the molecule is NC1CCCN(Cc2ccc(Cl)c3cccnc23)C1. The van der Waals surface area contributed by atoms with Gasteiger partial charge in [0.2, 0.25) is 0 Å². The summed E-state index contributed by atoms with van der Waals surface area (Å²) in [6, 6.07) is 8.30. The first-order valence-electron chi connectivity index (χ1n) is 6.74. The molecule has 0 bridgehead atoms. The highest BCUT2D eigenvalue weighted by atomic mass is 35.5. The van der Waals surface area contributed by atoms with Crippen molar-refractivity contribution >= 4 is 22.5 Å².